The second kappa shape index (κ2) is 4.16. The van der Waals surface area contributed by atoms with Gasteiger partial charge in [0.1, 0.15) is 0 Å². The molecule has 62 valence electrons. The van der Waals surface area contributed by atoms with Crippen molar-refractivity contribution in [3.63, 3.8) is 0 Å². The predicted octanol–water partition coefficient (Wildman–Crippen LogP) is 0.704. The first-order valence-electron chi connectivity index (χ1n) is 3.63. The van der Waals surface area contributed by atoms with Crippen LogP contribution in [0, 0.1) is 0 Å². The summed E-state index contributed by atoms with van der Waals surface area (Å²) in [5, 5.41) is 8.60. The lowest BCUT2D eigenvalue weighted by Gasteiger charge is -2.12. The molecule has 1 aromatic heterocycles. The van der Waals surface area contributed by atoms with Crippen LogP contribution >= 0.6 is 0 Å². The second-order valence-electron chi connectivity index (χ2n) is 2.59. The summed E-state index contributed by atoms with van der Waals surface area (Å²) in [6.07, 6.45) is 3.37. The molecular weight excluding hydrogens is 142 g/mol. The van der Waals surface area contributed by atoms with E-state index >= 15 is 0 Å². The largest absolute Gasteiger partial charge is 0.472 e. The van der Waals surface area contributed by atoms with Crippen LogP contribution in [0.1, 0.15) is 5.56 Å². The third-order valence-electron chi connectivity index (χ3n) is 1.51. The molecule has 0 amide bonds. The highest BCUT2D eigenvalue weighted by molar-refractivity contribution is 5.04. The predicted molar refractivity (Wildman–Crippen MR) is 42.1 cm³/mol. The summed E-state index contributed by atoms with van der Waals surface area (Å²) in [4.78, 5) is 2.03. The van der Waals surface area contributed by atoms with Crippen molar-refractivity contribution in [1.82, 2.24) is 4.90 Å². The molecule has 0 saturated heterocycles. The molecule has 0 atom stereocenters. The van der Waals surface area contributed by atoms with E-state index in [1.165, 1.54) is 0 Å². The molecule has 0 radical (unpaired) electrons. The van der Waals surface area contributed by atoms with Gasteiger partial charge in [-0.3, -0.25) is 4.90 Å². The average molecular weight is 155 g/mol. The minimum atomic E-state index is 0.203. The van der Waals surface area contributed by atoms with Gasteiger partial charge in [-0.1, -0.05) is 0 Å². The molecule has 3 heteroatoms. The van der Waals surface area contributed by atoms with Crippen molar-refractivity contribution >= 4 is 0 Å². The van der Waals surface area contributed by atoms with Crippen LogP contribution in [0.2, 0.25) is 0 Å². The Hall–Kier alpha value is -0.800. The summed E-state index contributed by atoms with van der Waals surface area (Å²) in [7, 11) is 1.96. The van der Waals surface area contributed by atoms with Gasteiger partial charge in [0.2, 0.25) is 0 Å². The number of nitrogens with zero attached hydrogens (tertiary/aromatic N) is 1. The first kappa shape index (κ1) is 8.30. The first-order chi connectivity index (χ1) is 5.33. The van der Waals surface area contributed by atoms with Gasteiger partial charge in [-0.15, -0.1) is 0 Å². The molecule has 0 aliphatic rings. The normalized spacial score (nSPS) is 10.8. The maximum absolute atomic E-state index is 8.60. The van der Waals surface area contributed by atoms with E-state index < -0.39 is 0 Å². The van der Waals surface area contributed by atoms with Crippen LogP contribution in [0.4, 0.5) is 0 Å². The SMILES string of the molecule is CN(CCO)Cc1ccoc1. The number of likely N-dealkylation sites (N-methyl/N-ethyl adjacent to an activating group) is 1. The Kier molecular flexibility index (Phi) is 3.14. The number of rotatable bonds is 4. The standard InChI is InChI=1S/C8H13NO2/c1-9(3-4-10)6-8-2-5-11-7-8/h2,5,7,10H,3-4,6H2,1H3. The van der Waals surface area contributed by atoms with E-state index in [-0.39, 0.29) is 6.61 Å². The molecule has 1 aromatic rings. The van der Waals surface area contributed by atoms with Crippen LogP contribution in [-0.2, 0) is 6.54 Å². The molecule has 1 rings (SSSR count). The van der Waals surface area contributed by atoms with Gasteiger partial charge >= 0.3 is 0 Å². The van der Waals surface area contributed by atoms with Crippen molar-refractivity contribution in [2.45, 2.75) is 6.54 Å². The van der Waals surface area contributed by atoms with Crippen LogP contribution in [0.25, 0.3) is 0 Å². The van der Waals surface area contributed by atoms with Crippen LogP contribution < -0.4 is 0 Å². The number of hydrogen-bond acceptors (Lipinski definition) is 3. The smallest absolute Gasteiger partial charge is 0.0947 e. The molecule has 11 heavy (non-hydrogen) atoms. The molecular formula is C8H13NO2. The van der Waals surface area contributed by atoms with E-state index in [1.54, 1.807) is 12.5 Å². The third kappa shape index (κ3) is 2.74. The lowest BCUT2D eigenvalue weighted by atomic mass is 10.3. The minimum Gasteiger partial charge on any atom is -0.472 e. The maximum atomic E-state index is 8.60. The Morgan fingerprint density at radius 3 is 3.00 bits per heavy atom. The van der Waals surface area contributed by atoms with Gasteiger partial charge in [-0.2, -0.15) is 0 Å². The van der Waals surface area contributed by atoms with Crippen molar-refractivity contribution in [3.05, 3.63) is 24.2 Å². The van der Waals surface area contributed by atoms with E-state index in [0.29, 0.717) is 6.54 Å². The Labute approximate surface area is 66.2 Å². The van der Waals surface area contributed by atoms with E-state index in [0.717, 1.165) is 12.1 Å². The Bertz CT molecular complexity index is 184. The van der Waals surface area contributed by atoms with Gasteiger partial charge in [0.05, 0.1) is 19.1 Å². The van der Waals surface area contributed by atoms with Gasteiger partial charge in [-0.05, 0) is 13.1 Å². The van der Waals surface area contributed by atoms with Gasteiger partial charge in [0.25, 0.3) is 0 Å². The fourth-order valence-corrected chi connectivity index (χ4v) is 0.944. The summed E-state index contributed by atoms with van der Waals surface area (Å²) in [5.41, 5.74) is 1.14. The molecule has 0 spiro atoms. The Morgan fingerprint density at radius 2 is 2.45 bits per heavy atom. The highest BCUT2D eigenvalue weighted by Crippen LogP contribution is 2.02. The highest BCUT2D eigenvalue weighted by atomic mass is 16.3. The van der Waals surface area contributed by atoms with Crippen molar-refractivity contribution in [2.75, 3.05) is 20.2 Å². The number of aliphatic hydroxyl groups is 1. The lowest BCUT2D eigenvalue weighted by Crippen LogP contribution is -2.21. The molecule has 0 fully saturated rings. The van der Waals surface area contributed by atoms with Crippen LogP contribution in [0.3, 0.4) is 0 Å². The van der Waals surface area contributed by atoms with E-state index in [1.807, 2.05) is 18.0 Å². The lowest BCUT2D eigenvalue weighted by molar-refractivity contribution is 0.217. The zero-order valence-corrected chi connectivity index (χ0v) is 6.66. The molecule has 1 heterocycles. The maximum Gasteiger partial charge on any atom is 0.0947 e. The van der Waals surface area contributed by atoms with Crippen molar-refractivity contribution in [3.8, 4) is 0 Å². The van der Waals surface area contributed by atoms with Crippen molar-refractivity contribution < 1.29 is 9.52 Å². The molecule has 0 unspecified atom stereocenters. The van der Waals surface area contributed by atoms with Crippen LogP contribution in [0.15, 0.2) is 23.0 Å². The van der Waals surface area contributed by atoms with Crippen LogP contribution in [0.5, 0.6) is 0 Å². The van der Waals surface area contributed by atoms with Gasteiger partial charge in [-0.25, -0.2) is 0 Å². The van der Waals surface area contributed by atoms with Gasteiger partial charge < -0.3 is 9.52 Å². The van der Waals surface area contributed by atoms with E-state index in [9.17, 15) is 0 Å². The van der Waals surface area contributed by atoms with Crippen molar-refractivity contribution in [2.24, 2.45) is 0 Å². The van der Waals surface area contributed by atoms with Gasteiger partial charge in [0.15, 0.2) is 0 Å². The Balaban J connectivity index is 2.31. The summed E-state index contributed by atoms with van der Waals surface area (Å²) >= 11 is 0. The quantitative estimate of drug-likeness (QED) is 0.695. The summed E-state index contributed by atoms with van der Waals surface area (Å²) < 4.78 is 4.90. The number of furan rings is 1. The zero-order chi connectivity index (χ0) is 8.10. The zero-order valence-electron chi connectivity index (χ0n) is 6.66. The Morgan fingerprint density at radius 1 is 1.64 bits per heavy atom. The third-order valence-corrected chi connectivity index (χ3v) is 1.51. The van der Waals surface area contributed by atoms with Crippen LogP contribution in [-0.4, -0.2) is 30.2 Å². The highest BCUT2D eigenvalue weighted by Gasteiger charge is 1.98. The van der Waals surface area contributed by atoms with E-state index in [4.69, 9.17) is 9.52 Å². The minimum absolute atomic E-state index is 0.203. The fraction of sp³-hybridized carbons (Fsp3) is 0.500. The molecule has 0 saturated carbocycles. The molecule has 0 aromatic carbocycles. The first-order valence-corrected chi connectivity index (χ1v) is 3.63. The molecule has 1 N–H and O–H groups in total. The van der Waals surface area contributed by atoms with Gasteiger partial charge in [0, 0.05) is 18.7 Å². The summed E-state index contributed by atoms with van der Waals surface area (Å²) in [6, 6.07) is 1.92. The monoisotopic (exact) mass is 155 g/mol. The fourth-order valence-electron chi connectivity index (χ4n) is 0.944. The molecule has 0 aliphatic carbocycles. The summed E-state index contributed by atoms with van der Waals surface area (Å²) in [5.74, 6) is 0. The van der Waals surface area contributed by atoms with E-state index in [2.05, 4.69) is 0 Å². The molecule has 0 aliphatic heterocycles. The molecule has 3 nitrogen and oxygen atoms in total. The number of aliphatic hydroxyl groups excluding tert-OH is 1. The topological polar surface area (TPSA) is 36.6 Å². The molecule has 0 bridgehead atoms. The second-order valence-corrected chi connectivity index (χ2v) is 2.59. The van der Waals surface area contributed by atoms with Crippen molar-refractivity contribution in [1.29, 1.82) is 0 Å². The number of hydrogen-bond donors (Lipinski definition) is 1. The average Bonchev–Trinajstić information content (AvgIpc) is 2.40. The summed E-state index contributed by atoms with van der Waals surface area (Å²) in [6.45, 7) is 1.73.